The number of halogens is 2. The van der Waals surface area contributed by atoms with Crippen LogP contribution < -0.4 is 0 Å². The molecule has 2 aromatic carbocycles. The molecule has 0 unspecified atom stereocenters. The van der Waals surface area contributed by atoms with E-state index in [2.05, 4.69) is 6.58 Å². The maximum atomic E-state index is 13.2. The molecule has 0 saturated carbocycles. The molecule has 0 bridgehead atoms. The van der Waals surface area contributed by atoms with Gasteiger partial charge >= 0.3 is 0 Å². The van der Waals surface area contributed by atoms with Crippen LogP contribution in [0.25, 0.3) is 17.2 Å². The molecule has 0 aliphatic rings. The van der Waals surface area contributed by atoms with E-state index in [0.717, 1.165) is 16.7 Å². The van der Waals surface area contributed by atoms with Crippen molar-refractivity contribution in [3.63, 3.8) is 0 Å². The summed E-state index contributed by atoms with van der Waals surface area (Å²) < 4.78 is 13.2. The standard InChI is InChI=1S/C15H12ClF/c1-3-11-6-10(2)7-12(8-11)14-9-13(17)4-5-15(14)16/h3-9H,1H2,2H3. The summed E-state index contributed by atoms with van der Waals surface area (Å²) in [6.07, 6.45) is 1.77. The molecule has 0 amide bonds. The Morgan fingerprint density at radius 3 is 2.65 bits per heavy atom. The molecule has 0 saturated heterocycles. The highest BCUT2D eigenvalue weighted by molar-refractivity contribution is 6.33. The molecule has 2 aromatic rings. The molecular formula is C15H12ClF. The Labute approximate surface area is 105 Å². The first-order chi connectivity index (χ1) is 8.10. The van der Waals surface area contributed by atoms with E-state index in [1.54, 1.807) is 12.1 Å². The Kier molecular flexibility index (Phi) is 3.30. The number of benzene rings is 2. The van der Waals surface area contributed by atoms with Gasteiger partial charge in [-0.05, 0) is 47.9 Å². The molecule has 86 valence electrons. The lowest BCUT2D eigenvalue weighted by Crippen LogP contribution is -1.85. The predicted molar refractivity (Wildman–Crippen MR) is 71.7 cm³/mol. The van der Waals surface area contributed by atoms with Crippen molar-refractivity contribution in [1.82, 2.24) is 0 Å². The second-order valence-electron chi connectivity index (χ2n) is 3.96. The predicted octanol–water partition coefficient (Wildman–Crippen LogP) is 5.10. The molecule has 0 atom stereocenters. The van der Waals surface area contributed by atoms with Gasteiger partial charge in [0.15, 0.2) is 0 Å². The Morgan fingerprint density at radius 2 is 1.94 bits per heavy atom. The zero-order chi connectivity index (χ0) is 12.4. The van der Waals surface area contributed by atoms with Gasteiger partial charge in [-0.1, -0.05) is 36.4 Å². The van der Waals surface area contributed by atoms with Crippen LogP contribution in [-0.4, -0.2) is 0 Å². The van der Waals surface area contributed by atoms with Crippen LogP contribution >= 0.6 is 11.6 Å². The third kappa shape index (κ3) is 2.56. The molecule has 0 aliphatic carbocycles. The number of hydrogen-bond donors (Lipinski definition) is 0. The summed E-state index contributed by atoms with van der Waals surface area (Å²) >= 11 is 6.09. The highest BCUT2D eigenvalue weighted by Gasteiger charge is 2.06. The summed E-state index contributed by atoms with van der Waals surface area (Å²) in [5.74, 6) is -0.286. The van der Waals surface area contributed by atoms with E-state index < -0.39 is 0 Å². The van der Waals surface area contributed by atoms with Crippen LogP contribution in [0.5, 0.6) is 0 Å². The van der Waals surface area contributed by atoms with Crippen molar-refractivity contribution in [2.45, 2.75) is 6.92 Å². The van der Waals surface area contributed by atoms with Crippen LogP contribution in [0, 0.1) is 12.7 Å². The van der Waals surface area contributed by atoms with Gasteiger partial charge in [0, 0.05) is 10.6 Å². The molecule has 0 spiro atoms. The van der Waals surface area contributed by atoms with Crippen molar-refractivity contribution >= 4 is 17.7 Å². The highest BCUT2D eigenvalue weighted by atomic mass is 35.5. The monoisotopic (exact) mass is 246 g/mol. The van der Waals surface area contributed by atoms with Gasteiger partial charge in [-0.25, -0.2) is 4.39 Å². The topological polar surface area (TPSA) is 0 Å². The second kappa shape index (κ2) is 4.72. The zero-order valence-corrected chi connectivity index (χ0v) is 10.3. The lowest BCUT2D eigenvalue weighted by molar-refractivity contribution is 0.628. The molecule has 17 heavy (non-hydrogen) atoms. The first-order valence-electron chi connectivity index (χ1n) is 5.29. The lowest BCUT2D eigenvalue weighted by Gasteiger charge is -2.07. The van der Waals surface area contributed by atoms with Crippen LogP contribution in [0.4, 0.5) is 4.39 Å². The third-order valence-electron chi connectivity index (χ3n) is 2.57. The van der Waals surface area contributed by atoms with Gasteiger partial charge in [0.1, 0.15) is 5.82 Å². The van der Waals surface area contributed by atoms with Crippen molar-refractivity contribution in [2.24, 2.45) is 0 Å². The van der Waals surface area contributed by atoms with Crippen LogP contribution in [0.3, 0.4) is 0 Å². The van der Waals surface area contributed by atoms with Crippen LogP contribution in [0.2, 0.25) is 5.02 Å². The highest BCUT2D eigenvalue weighted by Crippen LogP contribution is 2.30. The fourth-order valence-electron chi connectivity index (χ4n) is 1.80. The minimum atomic E-state index is -0.286. The molecule has 0 aromatic heterocycles. The zero-order valence-electron chi connectivity index (χ0n) is 9.50. The van der Waals surface area contributed by atoms with Crippen molar-refractivity contribution in [1.29, 1.82) is 0 Å². The molecule has 2 heteroatoms. The van der Waals surface area contributed by atoms with Crippen molar-refractivity contribution < 1.29 is 4.39 Å². The first kappa shape index (κ1) is 11.9. The summed E-state index contributed by atoms with van der Waals surface area (Å²) in [4.78, 5) is 0. The summed E-state index contributed by atoms with van der Waals surface area (Å²) in [5, 5.41) is 0.548. The van der Waals surface area contributed by atoms with Crippen LogP contribution in [0.15, 0.2) is 43.0 Å². The number of rotatable bonds is 2. The Hall–Kier alpha value is -1.60. The number of aryl methyl sites for hydroxylation is 1. The number of hydrogen-bond acceptors (Lipinski definition) is 0. The van der Waals surface area contributed by atoms with E-state index in [1.165, 1.54) is 12.1 Å². The Balaban J connectivity index is 2.63. The van der Waals surface area contributed by atoms with Gasteiger partial charge in [-0.2, -0.15) is 0 Å². The molecule has 0 fully saturated rings. The van der Waals surface area contributed by atoms with Gasteiger partial charge < -0.3 is 0 Å². The van der Waals surface area contributed by atoms with Gasteiger partial charge in [-0.15, -0.1) is 0 Å². The fourth-order valence-corrected chi connectivity index (χ4v) is 2.03. The van der Waals surface area contributed by atoms with E-state index in [1.807, 2.05) is 25.1 Å². The maximum Gasteiger partial charge on any atom is 0.123 e. The van der Waals surface area contributed by atoms with Crippen LogP contribution in [-0.2, 0) is 0 Å². The smallest absolute Gasteiger partial charge is 0.123 e. The maximum absolute atomic E-state index is 13.2. The van der Waals surface area contributed by atoms with E-state index in [0.29, 0.717) is 10.6 Å². The molecule has 0 N–H and O–H groups in total. The molecule has 2 rings (SSSR count). The SMILES string of the molecule is C=Cc1cc(C)cc(-c2cc(F)ccc2Cl)c1. The largest absolute Gasteiger partial charge is 0.207 e. The van der Waals surface area contributed by atoms with Gasteiger partial charge in [-0.3, -0.25) is 0 Å². The normalized spacial score (nSPS) is 10.3. The van der Waals surface area contributed by atoms with Gasteiger partial charge in [0.25, 0.3) is 0 Å². The van der Waals surface area contributed by atoms with Crippen molar-refractivity contribution in [3.8, 4) is 11.1 Å². The van der Waals surface area contributed by atoms with Crippen molar-refractivity contribution in [3.05, 3.63) is 64.9 Å². The van der Waals surface area contributed by atoms with Gasteiger partial charge in [0.05, 0.1) is 0 Å². The summed E-state index contributed by atoms with van der Waals surface area (Å²) in [6, 6.07) is 10.3. The molecule has 0 radical (unpaired) electrons. The lowest BCUT2D eigenvalue weighted by atomic mass is 10.00. The summed E-state index contributed by atoms with van der Waals surface area (Å²) in [6.45, 7) is 5.73. The molecular weight excluding hydrogens is 235 g/mol. The molecule has 0 nitrogen and oxygen atoms in total. The first-order valence-corrected chi connectivity index (χ1v) is 5.67. The fraction of sp³-hybridized carbons (Fsp3) is 0.0667. The average Bonchev–Trinajstić information content (AvgIpc) is 2.31. The Morgan fingerprint density at radius 1 is 1.18 bits per heavy atom. The van der Waals surface area contributed by atoms with E-state index >= 15 is 0 Å². The minimum absolute atomic E-state index is 0.286. The van der Waals surface area contributed by atoms with E-state index in [-0.39, 0.29) is 5.82 Å². The average molecular weight is 247 g/mol. The van der Waals surface area contributed by atoms with E-state index in [9.17, 15) is 4.39 Å². The van der Waals surface area contributed by atoms with Crippen molar-refractivity contribution in [2.75, 3.05) is 0 Å². The molecule has 0 heterocycles. The Bertz CT molecular complexity index is 573. The summed E-state index contributed by atoms with van der Waals surface area (Å²) in [5.41, 5.74) is 3.71. The minimum Gasteiger partial charge on any atom is -0.207 e. The van der Waals surface area contributed by atoms with Crippen LogP contribution in [0.1, 0.15) is 11.1 Å². The summed E-state index contributed by atoms with van der Waals surface area (Å²) in [7, 11) is 0. The third-order valence-corrected chi connectivity index (χ3v) is 2.90. The van der Waals surface area contributed by atoms with E-state index in [4.69, 9.17) is 11.6 Å². The second-order valence-corrected chi connectivity index (χ2v) is 4.37. The quantitative estimate of drug-likeness (QED) is 0.692. The van der Waals surface area contributed by atoms with Gasteiger partial charge in [0.2, 0.25) is 0 Å². The molecule has 0 aliphatic heterocycles.